The van der Waals surface area contributed by atoms with Crippen molar-refractivity contribution in [3.8, 4) is 11.5 Å². The van der Waals surface area contributed by atoms with E-state index in [2.05, 4.69) is 10.3 Å². The lowest BCUT2D eigenvalue weighted by Gasteiger charge is -2.07. The highest BCUT2D eigenvalue weighted by molar-refractivity contribution is 8.18. The first-order valence-corrected chi connectivity index (χ1v) is 8.74. The van der Waals surface area contributed by atoms with Crippen LogP contribution in [0.1, 0.15) is 5.56 Å². The number of benzene rings is 1. The van der Waals surface area contributed by atoms with Gasteiger partial charge in [0.15, 0.2) is 21.8 Å². The molecule has 0 unspecified atom stereocenters. The van der Waals surface area contributed by atoms with Crippen LogP contribution in [0.15, 0.2) is 28.1 Å². The number of ether oxygens (including phenoxy) is 2. The first-order chi connectivity index (χ1) is 11.9. The number of hydrogen-bond acceptors (Lipinski definition) is 8. The molecule has 2 aliphatic heterocycles. The van der Waals surface area contributed by atoms with Gasteiger partial charge in [0.2, 0.25) is 0 Å². The zero-order valence-electron chi connectivity index (χ0n) is 13.5. The number of nitrogens with zero attached hydrogens (tertiary/aromatic N) is 1. The lowest BCUT2D eigenvalue weighted by molar-refractivity contribution is -0.116. The van der Waals surface area contributed by atoms with Crippen LogP contribution >= 0.6 is 23.5 Å². The summed E-state index contributed by atoms with van der Waals surface area (Å²) in [4.78, 5) is 25.5. The van der Waals surface area contributed by atoms with Gasteiger partial charge in [-0.05, 0) is 35.5 Å². The van der Waals surface area contributed by atoms with Crippen LogP contribution in [0.25, 0.3) is 6.08 Å². The zero-order valence-corrected chi connectivity index (χ0v) is 15.1. The van der Waals surface area contributed by atoms with Gasteiger partial charge in [-0.3, -0.25) is 15.0 Å². The van der Waals surface area contributed by atoms with E-state index >= 15 is 0 Å². The number of thioether (sulfide) groups is 2. The van der Waals surface area contributed by atoms with Crippen molar-refractivity contribution in [3.05, 3.63) is 28.7 Å². The van der Waals surface area contributed by atoms with Crippen LogP contribution in [0, 0.1) is 5.41 Å². The zero-order chi connectivity index (χ0) is 18.4. The molecule has 0 atom stereocenters. The number of rotatable bonds is 3. The summed E-state index contributed by atoms with van der Waals surface area (Å²) in [5, 5.41) is 10.3. The van der Waals surface area contributed by atoms with E-state index in [4.69, 9.17) is 20.6 Å². The molecule has 132 valence electrons. The number of carbonyl (C=O) groups is 2. The number of nitrogens with two attached hydrogens (primary N) is 1. The van der Waals surface area contributed by atoms with Crippen molar-refractivity contribution in [2.45, 2.75) is 0 Å². The fraction of sp³-hybridized carbons (Fsp3) is 0.200. The van der Waals surface area contributed by atoms with E-state index in [9.17, 15) is 9.59 Å². The van der Waals surface area contributed by atoms with Crippen LogP contribution in [0.4, 0.5) is 0 Å². The highest BCUT2D eigenvalue weighted by Crippen LogP contribution is 2.30. The summed E-state index contributed by atoms with van der Waals surface area (Å²) in [5.41, 5.74) is 5.94. The van der Waals surface area contributed by atoms with Crippen LogP contribution in [0.2, 0.25) is 0 Å². The summed E-state index contributed by atoms with van der Waals surface area (Å²) < 4.78 is 10.3. The molecular weight excluding hydrogens is 364 g/mol. The third-order valence-corrected chi connectivity index (χ3v) is 4.55. The molecule has 2 aliphatic rings. The van der Waals surface area contributed by atoms with E-state index in [0.717, 1.165) is 17.3 Å². The number of amides is 2. The molecule has 1 fully saturated rings. The minimum Gasteiger partial charge on any atom is -0.493 e. The van der Waals surface area contributed by atoms with Gasteiger partial charge in [0, 0.05) is 0 Å². The lowest BCUT2D eigenvalue weighted by atomic mass is 10.2. The Bertz CT molecular complexity index is 777. The third kappa shape index (κ3) is 5.26. The molecule has 0 spiro atoms. The number of amidine groups is 2. The molecule has 0 bridgehead atoms. The molecule has 2 heterocycles. The number of nitrogens with one attached hydrogen (secondary N) is 2. The Balaban J connectivity index is 0.000000269. The first-order valence-electron chi connectivity index (χ1n) is 6.94. The predicted molar refractivity (Wildman–Crippen MR) is 100 cm³/mol. The second-order valence-electron chi connectivity index (χ2n) is 4.64. The molecule has 3 rings (SSSR count). The fourth-order valence-electron chi connectivity index (χ4n) is 1.86. The Labute approximate surface area is 152 Å². The molecule has 0 radical (unpaired) electrons. The second-order valence-corrected chi connectivity index (χ2v) is 6.69. The van der Waals surface area contributed by atoms with Crippen molar-refractivity contribution < 1.29 is 19.1 Å². The summed E-state index contributed by atoms with van der Waals surface area (Å²) in [6, 6.07) is 5.37. The summed E-state index contributed by atoms with van der Waals surface area (Å²) in [5.74, 6) is 1.29. The largest absolute Gasteiger partial charge is 0.493 e. The molecule has 8 nitrogen and oxygen atoms in total. The van der Waals surface area contributed by atoms with Crippen molar-refractivity contribution in [2.75, 3.05) is 20.0 Å². The van der Waals surface area contributed by atoms with Crippen LogP contribution in [-0.4, -0.2) is 42.1 Å². The van der Waals surface area contributed by atoms with Crippen molar-refractivity contribution >= 4 is 51.7 Å². The highest BCUT2D eigenvalue weighted by atomic mass is 32.2. The minimum absolute atomic E-state index is 0.123. The maximum absolute atomic E-state index is 11.5. The van der Waals surface area contributed by atoms with E-state index in [1.807, 2.05) is 6.07 Å². The third-order valence-electron chi connectivity index (χ3n) is 2.95. The van der Waals surface area contributed by atoms with Gasteiger partial charge in [-0.25, -0.2) is 0 Å². The molecule has 2 amide bonds. The van der Waals surface area contributed by atoms with Crippen LogP contribution < -0.4 is 20.5 Å². The molecule has 10 heteroatoms. The molecule has 25 heavy (non-hydrogen) atoms. The maximum Gasteiger partial charge on any atom is 0.264 e. The quantitative estimate of drug-likeness (QED) is 0.677. The van der Waals surface area contributed by atoms with Gasteiger partial charge < -0.3 is 20.5 Å². The lowest BCUT2D eigenvalue weighted by Crippen LogP contribution is -2.18. The Morgan fingerprint density at radius 1 is 1.28 bits per heavy atom. The van der Waals surface area contributed by atoms with Crippen molar-refractivity contribution in [1.29, 1.82) is 5.41 Å². The number of carbonyl (C=O) groups excluding carboxylic acids is 2. The van der Waals surface area contributed by atoms with Gasteiger partial charge in [-0.1, -0.05) is 17.8 Å². The molecule has 0 aliphatic carbocycles. The standard InChI is InChI=1S/C12H12N2O3S.C3H4N2OS/c1-16-8-4-3-7(5-9(8)17-2)6-10-11(15)14-12(13)18-10;4-3-5-2(6)1-7-3/h3-6H,1-2H3,(H2,13,14,15);1H2,(H2,4,5,6). The van der Waals surface area contributed by atoms with Gasteiger partial charge in [0.05, 0.1) is 24.9 Å². The Hall–Kier alpha value is -2.46. The fourth-order valence-corrected chi connectivity index (χ4v) is 3.06. The Morgan fingerprint density at radius 3 is 2.44 bits per heavy atom. The topological polar surface area (TPSA) is 127 Å². The molecule has 0 aromatic heterocycles. The first kappa shape index (κ1) is 18.9. The normalized spacial score (nSPS) is 17.8. The van der Waals surface area contributed by atoms with E-state index in [0.29, 0.717) is 27.3 Å². The molecule has 1 aromatic rings. The van der Waals surface area contributed by atoms with Gasteiger partial charge in [0.1, 0.15) is 0 Å². The van der Waals surface area contributed by atoms with Gasteiger partial charge in [-0.15, -0.1) is 0 Å². The SMILES string of the molecule is COc1ccc(C=C2SC(=N)NC2=O)cc1OC.NC1=NC(=O)CS1. The number of hydrogen-bond donors (Lipinski definition) is 3. The average Bonchev–Trinajstić information content (AvgIpc) is 3.11. The second kappa shape index (κ2) is 8.58. The van der Waals surface area contributed by atoms with E-state index in [1.54, 1.807) is 32.4 Å². The van der Waals surface area contributed by atoms with Crippen molar-refractivity contribution in [1.82, 2.24) is 5.32 Å². The average molecular weight is 380 g/mol. The Morgan fingerprint density at radius 2 is 2.00 bits per heavy atom. The summed E-state index contributed by atoms with van der Waals surface area (Å²) in [6.07, 6.45) is 1.71. The van der Waals surface area contributed by atoms with Gasteiger partial charge >= 0.3 is 0 Å². The summed E-state index contributed by atoms with van der Waals surface area (Å²) in [6.45, 7) is 0. The van der Waals surface area contributed by atoms with E-state index < -0.39 is 0 Å². The molecule has 1 saturated heterocycles. The van der Waals surface area contributed by atoms with Crippen molar-refractivity contribution in [2.24, 2.45) is 10.7 Å². The predicted octanol–water partition coefficient (Wildman–Crippen LogP) is 1.42. The van der Waals surface area contributed by atoms with Gasteiger partial charge in [0.25, 0.3) is 11.8 Å². The number of aliphatic imine (C=N–C) groups is 1. The van der Waals surface area contributed by atoms with Crippen LogP contribution in [-0.2, 0) is 9.59 Å². The van der Waals surface area contributed by atoms with Crippen LogP contribution in [0.5, 0.6) is 11.5 Å². The monoisotopic (exact) mass is 380 g/mol. The molecular formula is C15H16N4O4S2. The highest BCUT2D eigenvalue weighted by Gasteiger charge is 2.22. The minimum atomic E-state index is -0.250. The smallest absolute Gasteiger partial charge is 0.264 e. The van der Waals surface area contributed by atoms with Crippen LogP contribution in [0.3, 0.4) is 0 Å². The molecule has 1 aromatic carbocycles. The molecule has 0 saturated carbocycles. The summed E-state index contributed by atoms with van der Waals surface area (Å²) in [7, 11) is 3.12. The summed E-state index contributed by atoms with van der Waals surface area (Å²) >= 11 is 2.39. The number of methoxy groups -OCH3 is 2. The van der Waals surface area contributed by atoms with Gasteiger partial charge in [-0.2, -0.15) is 4.99 Å². The maximum atomic E-state index is 11.5. The van der Waals surface area contributed by atoms with E-state index in [-0.39, 0.29) is 17.0 Å². The van der Waals surface area contributed by atoms with Crippen molar-refractivity contribution in [3.63, 3.8) is 0 Å². The van der Waals surface area contributed by atoms with E-state index in [1.165, 1.54) is 11.8 Å². The Kier molecular flexibility index (Phi) is 6.48. The molecule has 4 N–H and O–H groups in total.